The molecule has 3 N–H and O–H groups in total. The SMILES string of the molecule is CC(Nc1ccc2c(c1)OCCn1cc(N3C(=O)CO[C@H]3C(F)F)nc1-2)C(N)=O. The van der Waals surface area contributed by atoms with Gasteiger partial charge in [0.15, 0.2) is 12.0 Å². The molecule has 154 valence electrons. The zero-order valence-corrected chi connectivity index (χ0v) is 15.5. The summed E-state index contributed by atoms with van der Waals surface area (Å²) in [7, 11) is 0. The van der Waals surface area contributed by atoms with Crippen LogP contribution in [0.15, 0.2) is 24.4 Å². The molecule has 1 aromatic carbocycles. The van der Waals surface area contributed by atoms with Crippen LogP contribution in [0, 0.1) is 0 Å². The fraction of sp³-hybridized carbons (Fsp3) is 0.389. The molecular weight excluding hydrogens is 388 g/mol. The van der Waals surface area contributed by atoms with Crippen LogP contribution in [0.3, 0.4) is 0 Å². The molecule has 0 aliphatic carbocycles. The highest BCUT2D eigenvalue weighted by atomic mass is 19.3. The van der Waals surface area contributed by atoms with Gasteiger partial charge in [0.25, 0.3) is 12.3 Å². The summed E-state index contributed by atoms with van der Waals surface area (Å²) in [6.07, 6.45) is -2.96. The van der Waals surface area contributed by atoms with E-state index in [0.29, 0.717) is 36.0 Å². The van der Waals surface area contributed by atoms with Crippen LogP contribution in [0.5, 0.6) is 5.75 Å². The topological polar surface area (TPSA) is 112 Å². The lowest BCUT2D eigenvalue weighted by Crippen LogP contribution is -2.38. The number of amides is 2. The first-order valence-corrected chi connectivity index (χ1v) is 8.97. The number of anilines is 2. The van der Waals surface area contributed by atoms with E-state index in [4.69, 9.17) is 15.2 Å². The first kappa shape index (κ1) is 19.1. The number of ether oxygens (including phenoxy) is 2. The number of hydrogen-bond acceptors (Lipinski definition) is 6. The molecule has 1 fully saturated rings. The Morgan fingerprint density at radius 3 is 2.93 bits per heavy atom. The van der Waals surface area contributed by atoms with Crippen molar-refractivity contribution in [1.29, 1.82) is 0 Å². The Bertz CT molecular complexity index is 964. The van der Waals surface area contributed by atoms with Gasteiger partial charge in [-0.25, -0.2) is 13.8 Å². The number of nitrogens with one attached hydrogen (secondary N) is 1. The van der Waals surface area contributed by atoms with Gasteiger partial charge in [-0.1, -0.05) is 0 Å². The van der Waals surface area contributed by atoms with Crippen molar-refractivity contribution in [2.45, 2.75) is 32.2 Å². The summed E-state index contributed by atoms with van der Waals surface area (Å²) >= 11 is 0. The molecule has 0 radical (unpaired) electrons. The number of nitrogens with two attached hydrogens (primary N) is 1. The fourth-order valence-electron chi connectivity index (χ4n) is 3.28. The van der Waals surface area contributed by atoms with E-state index >= 15 is 0 Å². The maximum atomic E-state index is 13.2. The molecule has 1 aromatic heterocycles. The van der Waals surface area contributed by atoms with Crippen molar-refractivity contribution >= 4 is 23.3 Å². The Hall–Kier alpha value is -3.21. The molecule has 1 unspecified atom stereocenters. The molecule has 2 amide bonds. The molecule has 29 heavy (non-hydrogen) atoms. The quantitative estimate of drug-likeness (QED) is 0.770. The van der Waals surface area contributed by atoms with E-state index in [9.17, 15) is 18.4 Å². The highest BCUT2D eigenvalue weighted by Gasteiger charge is 2.41. The standard InChI is InChI=1S/C18H19F2N5O4/c1-9(16(21)27)22-10-2-3-11-12(6-10)28-5-4-24-7-13(23-17(11)24)25-14(26)8-29-18(25)15(19)20/h2-3,6-7,9,15,18,22H,4-5,8H2,1H3,(H2,21,27)/t9?,18-/m0/s1. The van der Waals surface area contributed by atoms with E-state index < -0.39 is 37.1 Å². The van der Waals surface area contributed by atoms with Gasteiger partial charge in [0.1, 0.15) is 30.8 Å². The average Bonchev–Trinajstić information content (AvgIpc) is 3.21. The van der Waals surface area contributed by atoms with Crippen molar-refractivity contribution in [1.82, 2.24) is 9.55 Å². The minimum Gasteiger partial charge on any atom is -0.491 e. The Kier molecular flexibility index (Phi) is 4.82. The Morgan fingerprint density at radius 1 is 1.41 bits per heavy atom. The van der Waals surface area contributed by atoms with E-state index in [1.807, 2.05) is 0 Å². The summed E-state index contributed by atoms with van der Waals surface area (Å²) in [6.45, 7) is 1.96. The number of carbonyl (C=O) groups excluding carboxylic acids is 2. The normalized spacial score (nSPS) is 19.4. The van der Waals surface area contributed by atoms with Crippen LogP contribution >= 0.6 is 0 Å². The lowest BCUT2D eigenvalue weighted by Gasteiger charge is -2.19. The molecule has 2 aliphatic heterocycles. The lowest BCUT2D eigenvalue weighted by atomic mass is 10.1. The number of nitrogens with zero attached hydrogens (tertiary/aromatic N) is 3. The fourth-order valence-corrected chi connectivity index (χ4v) is 3.28. The number of alkyl halides is 2. The maximum Gasteiger partial charge on any atom is 0.283 e. The van der Waals surface area contributed by atoms with Crippen LogP contribution in [0.2, 0.25) is 0 Å². The first-order valence-electron chi connectivity index (χ1n) is 8.97. The molecule has 2 aromatic rings. The third-order valence-electron chi connectivity index (χ3n) is 4.75. The number of rotatable bonds is 5. The van der Waals surface area contributed by atoms with Crippen molar-refractivity contribution in [3.63, 3.8) is 0 Å². The molecule has 4 rings (SSSR count). The van der Waals surface area contributed by atoms with Gasteiger partial charge in [0.05, 0.1) is 12.1 Å². The molecule has 2 atom stereocenters. The van der Waals surface area contributed by atoms with Crippen LogP contribution in [0.25, 0.3) is 11.4 Å². The Balaban J connectivity index is 1.68. The number of imidazole rings is 1. The van der Waals surface area contributed by atoms with Crippen molar-refractivity contribution in [3.05, 3.63) is 24.4 Å². The van der Waals surface area contributed by atoms with Crippen LogP contribution in [0.4, 0.5) is 20.3 Å². The second-order valence-corrected chi connectivity index (χ2v) is 6.74. The predicted octanol–water partition coefficient (Wildman–Crippen LogP) is 1.18. The molecule has 2 aliphatic rings. The number of aromatic nitrogens is 2. The molecular formula is C18H19F2N5O4. The molecule has 0 bridgehead atoms. The van der Waals surface area contributed by atoms with Gasteiger partial charge < -0.3 is 25.1 Å². The summed E-state index contributed by atoms with van der Waals surface area (Å²) in [4.78, 5) is 28.6. The lowest BCUT2D eigenvalue weighted by molar-refractivity contribution is -0.118. The van der Waals surface area contributed by atoms with Crippen LogP contribution in [-0.4, -0.2) is 53.3 Å². The van der Waals surface area contributed by atoms with Crippen LogP contribution in [0.1, 0.15) is 6.92 Å². The zero-order chi connectivity index (χ0) is 20.7. The largest absolute Gasteiger partial charge is 0.491 e. The monoisotopic (exact) mass is 407 g/mol. The highest BCUT2D eigenvalue weighted by Crippen LogP contribution is 2.36. The molecule has 0 saturated carbocycles. The summed E-state index contributed by atoms with van der Waals surface area (Å²) in [5.74, 6) is 0.0315. The summed E-state index contributed by atoms with van der Waals surface area (Å²) in [5, 5.41) is 2.98. The van der Waals surface area contributed by atoms with Crippen molar-refractivity contribution < 1.29 is 27.8 Å². The number of fused-ring (bicyclic) bond motifs is 3. The number of carbonyl (C=O) groups is 2. The van der Waals surface area contributed by atoms with E-state index in [0.717, 1.165) is 4.90 Å². The van der Waals surface area contributed by atoms with Gasteiger partial charge >= 0.3 is 0 Å². The third-order valence-corrected chi connectivity index (χ3v) is 4.75. The van der Waals surface area contributed by atoms with Crippen LogP contribution < -0.4 is 20.7 Å². The molecule has 9 nitrogen and oxygen atoms in total. The van der Waals surface area contributed by atoms with Gasteiger partial charge in [-0.2, -0.15) is 0 Å². The summed E-state index contributed by atoms with van der Waals surface area (Å²) < 4.78 is 38.9. The van der Waals surface area contributed by atoms with Crippen molar-refractivity contribution in [2.24, 2.45) is 5.73 Å². The Labute approximate surface area is 164 Å². The van der Waals surface area contributed by atoms with E-state index in [1.54, 1.807) is 29.7 Å². The zero-order valence-electron chi connectivity index (χ0n) is 15.5. The van der Waals surface area contributed by atoms with Gasteiger partial charge in [-0.15, -0.1) is 0 Å². The van der Waals surface area contributed by atoms with E-state index in [-0.39, 0.29) is 5.82 Å². The molecule has 3 heterocycles. The van der Waals surface area contributed by atoms with Gasteiger partial charge in [0.2, 0.25) is 5.91 Å². The number of benzene rings is 1. The number of halogens is 2. The molecule has 11 heteroatoms. The van der Waals surface area contributed by atoms with E-state index in [2.05, 4.69) is 10.3 Å². The molecule has 1 saturated heterocycles. The smallest absolute Gasteiger partial charge is 0.283 e. The summed E-state index contributed by atoms with van der Waals surface area (Å²) in [5.41, 5.74) is 6.54. The average molecular weight is 407 g/mol. The molecule has 0 spiro atoms. The first-order chi connectivity index (χ1) is 13.8. The minimum atomic E-state index is -2.85. The highest BCUT2D eigenvalue weighted by molar-refractivity contribution is 5.95. The van der Waals surface area contributed by atoms with Crippen molar-refractivity contribution in [2.75, 3.05) is 23.4 Å². The van der Waals surface area contributed by atoms with Crippen LogP contribution in [-0.2, 0) is 20.9 Å². The maximum absolute atomic E-state index is 13.2. The second kappa shape index (κ2) is 7.32. The Morgan fingerprint density at radius 2 is 2.21 bits per heavy atom. The number of hydrogen-bond donors (Lipinski definition) is 2. The second-order valence-electron chi connectivity index (χ2n) is 6.74. The van der Waals surface area contributed by atoms with Crippen molar-refractivity contribution in [3.8, 4) is 17.1 Å². The minimum absolute atomic E-state index is 0.102. The third kappa shape index (κ3) is 3.48. The van der Waals surface area contributed by atoms with E-state index in [1.165, 1.54) is 6.20 Å². The van der Waals surface area contributed by atoms with Gasteiger partial charge in [-0.05, 0) is 19.1 Å². The van der Waals surface area contributed by atoms with Gasteiger partial charge in [-0.3, -0.25) is 14.5 Å². The van der Waals surface area contributed by atoms with Gasteiger partial charge in [0, 0.05) is 18.0 Å². The number of primary amides is 1. The summed E-state index contributed by atoms with van der Waals surface area (Å²) in [6, 6.07) is 4.62. The predicted molar refractivity (Wildman–Crippen MR) is 98.7 cm³/mol.